The highest BCUT2D eigenvalue weighted by Gasteiger charge is 2.04. The zero-order valence-electron chi connectivity index (χ0n) is 5.33. The van der Waals surface area contributed by atoms with Gasteiger partial charge in [0.1, 0.15) is 0 Å². The van der Waals surface area contributed by atoms with Crippen LogP contribution in [-0.4, -0.2) is 6.29 Å². The van der Waals surface area contributed by atoms with Crippen LogP contribution in [0.2, 0.25) is 0 Å². The van der Waals surface area contributed by atoms with Gasteiger partial charge < -0.3 is 0 Å². The highest BCUT2D eigenvalue weighted by molar-refractivity contribution is 7.27. The van der Waals surface area contributed by atoms with Crippen molar-refractivity contribution < 1.29 is 9.18 Å². The molecule has 0 unspecified atom stereocenters. The molecule has 0 spiro atoms. The Morgan fingerprint density at radius 1 is 1.27 bits per heavy atom. The number of rotatable bonds is 1. The second-order valence-corrected chi connectivity index (χ2v) is 4.19. The summed E-state index contributed by atoms with van der Waals surface area (Å²) >= 11 is 2.39. The number of fused-ring (bicyclic) bond motifs is 1. The molecule has 2 heterocycles. The molecule has 0 aromatic carbocycles. The fourth-order valence-corrected chi connectivity index (χ4v) is 2.82. The molecule has 4 heteroatoms. The normalized spacial score (nSPS) is 10.6. The van der Waals surface area contributed by atoms with Gasteiger partial charge in [-0.25, -0.2) is 0 Å². The van der Waals surface area contributed by atoms with Crippen molar-refractivity contribution in [2.24, 2.45) is 0 Å². The maximum atomic E-state index is 12.5. The molecule has 0 fully saturated rings. The van der Waals surface area contributed by atoms with Gasteiger partial charge in [-0.1, -0.05) is 0 Å². The molecule has 56 valence electrons. The molecule has 0 aliphatic carbocycles. The molecule has 0 aliphatic rings. The summed E-state index contributed by atoms with van der Waals surface area (Å²) < 4.78 is 14.2. The average molecular weight is 186 g/mol. The maximum absolute atomic E-state index is 12.5. The summed E-state index contributed by atoms with van der Waals surface area (Å²) in [4.78, 5) is 10.9. The summed E-state index contributed by atoms with van der Waals surface area (Å²) in [6, 6.07) is 3.17. The predicted octanol–water partition coefficient (Wildman–Crippen LogP) is 2.91. The molecule has 0 atom stereocenters. The van der Waals surface area contributed by atoms with Crippen molar-refractivity contribution in [2.75, 3.05) is 0 Å². The summed E-state index contributed by atoms with van der Waals surface area (Å²) in [5, 5.41) is -0.191. The van der Waals surface area contributed by atoms with E-state index in [0.717, 1.165) is 27.0 Å². The number of hydrogen-bond donors (Lipinski definition) is 0. The Labute approximate surface area is 70.1 Å². The Kier molecular flexibility index (Phi) is 1.51. The van der Waals surface area contributed by atoms with Crippen LogP contribution in [-0.2, 0) is 0 Å². The van der Waals surface area contributed by atoms with Crippen molar-refractivity contribution in [1.82, 2.24) is 0 Å². The molecular weight excluding hydrogens is 183 g/mol. The topological polar surface area (TPSA) is 17.1 Å². The van der Waals surface area contributed by atoms with E-state index in [1.54, 1.807) is 6.07 Å². The molecule has 0 radical (unpaired) electrons. The van der Waals surface area contributed by atoms with Crippen molar-refractivity contribution in [3.8, 4) is 0 Å². The Morgan fingerprint density at radius 3 is 2.64 bits per heavy atom. The lowest BCUT2D eigenvalue weighted by Gasteiger charge is -1.72. The van der Waals surface area contributed by atoms with Crippen LogP contribution in [0.5, 0.6) is 0 Å². The molecule has 0 aliphatic heterocycles. The number of halogens is 1. The number of carbonyl (C=O) groups is 1. The first-order chi connectivity index (χ1) is 5.29. The van der Waals surface area contributed by atoms with Gasteiger partial charge in [0.15, 0.2) is 11.4 Å². The molecule has 0 saturated carbocycles. The lowest BCUT2D eigenvalue weighted by Crippen LogP contribution is -1.62. The monoisotopic (exact) mass is 186 g/mol. The van der Waals surface area contributed by atoms with E-state index in [0.29, 0.717) is 4.88 Å². The van der Waals surface area contributed by atoms with E-state index in [2.05, 4.69) is 0 Å². The molecule has 2 aromatic rings. The summed E-state index contributed by atoms with van der Waals surface area (Å²) in [7, 11) is 0. The van der Waals surface area contributed by atoms with Crippen molar-refractivity contribution in [3.05, 3.63) is 22.1 Å². The summed E-state index contributed by atoms with van der Waals surface area (Å²) in [6.45, 7) is 0. The van der Waals surface area contributed by atoms with Crippen LogP contribution in [0.4, 0.5) is 4.39 Å². The molecule has 2 aromatic heterocycles. The molecule has 11 heavy (non-hydrogen) atoms. The van der Waals surface area contributed by atoms with Gasteiger partial charge in [0.05, 0.1) is 4.88 Å². The second kappa shape index (κ2) is 2.39. The first kappa shape index (κ1) is 6.94. The summed E-state index contributed by atoms with van der Waals surface area (Å²) in [6.07, 6.45) is 0.787. The third kappa shape index (κ3) is 1.08. The number of thiophene rings is 2. The van der Waals surface area contributed by atoms with Crippen molar-refractivity contribution in [1.29, 1.82) is 0 Å². The minimum absolute atomic E-state index is 0.191. The van der Waals surface area contributed by atoms with E-state index >= 15 is 0 Å². The Bertz CT molecular complexity index is 370. The lowest BCUT2D eigenvalue weighted by atomic mass is 10.5. The SMILES string of the molecule is O=Cc1cc2sc(F)cc2s1. The van der Waals surface area contributed by atoms with Crippen molar-refractivity contribution >= 4 is 38.4 Å². The maximum Gasteiger partial charge on any atom is 0.178 e. The van der Waals surface area contributed by atoms with Gasteiger partial charge in [-0.3, -0.25) is 4.79 Å². The van der Waals surface area contributed by atoms with E-state index in [1.807, 2.05) is 0 Å². The molecule has 0 saturated heterocycles. The van der Waals surface area contributed by atoms with E-state index in [-0.39, 0.29) is 5.13 Å². The number of aldehydes is 1. The van der Waals surface area contributed by atoms with Crippen molar-refractivity contribution in [3.63, 3.8) is 0 Å². The quantitative estimate of drug-likeness (QED) is 0.626. The van der Waals surface area contributed by atoms with E-state index in [9.17, 15) is 9.18 Å². The first-order valence-electron chi connectivity index (χ1n) is 2.93. The van der Waals surface area contributed by atoms with E-state index in [1.165, 1.54) is 17.4 Å². The zero-order valence-corrected chi connectivity index (χ0v) is 6.97. The van der Waals surface area contributed by atoms with Crippen LogP contribution in [0.1, 0.15) is 9.67 Å². The van der Waals surface area contributed by atoms with Gasteiger partial charge in [0, 0.05) is 15.5 Å². The van der Waals surface area contributed by atoms with Crippen LogP contribution in [0, 0.1) is 5.13 Å². The molecular formula is C7H3FOS2. The highest BCUT2D eigenvalue weighted by Crippen LogP contribution is 2.31. The van der Waals surface area contributed by atoms with Crippen LogP contribution < -0.4 is 0 Å². The molecule has 1 nitrogen and oxygen atoms in total. The Balaban J connectivity index is 2.72. The largest absolute Gasteiger partial charge is 0.297 e. The van der Waals surface area contributed by atoms with Gasteiger partial charge >= 0.3 is 0 Å². The second-order valence-electron chi connectivity index (χ2n) is 2.05. The summed E-state index contributed by atoms with van der Waals surface area (Å²) in [5.41, 5.74) is 0. The Hall–Kier alpha value is -0.740. The van der Waals surface area contributed by atoms with Gasteiger partial charge in [-0.15, -0.1) is 22.7 Å². The molecule has 0 amide bonds. The van der Waals surface area contributed by atoms with Crippen LogP contribution in [0.25, 0.3) is 9.40 Å². The number of carbonyl (C=O) groups excluding carboxylic acids is 1. The minimum atomic E-state index is -0.191. The van der Waals surface area contributed by atoms with Crippen LogP contribution in [0.3, 0.4) is 0 Å². The molecule has 2 rings (SSSR count). The molecule has 0 bridgehead atoms. The predicted molar refractivity (Wildman–Crippen MR) is 45.0 cm³/mol. The van der Waals surface area contributed by atoms with Gasteiger partial charge in [0.25, 0.3) is 0 Å². The van der Waals surface area contributed by atoms with E-state index in [4.69, 9.17) is 0 Å². The third-order valence-electron chi connectivity index (χ3n) is 1.31. The fraction of sp³-hybridized carbons (Fsp3) is 0. The third-order valence-corrected chi connectivity index (χ3v) is 3.32. The zero-order chi connectivity index (χ0) is 7.84. The van der Waals surface area contributed by atoms with E-state index < -0.39 is 0 Å². The number of hydrogen-bond acceptors (Lipinski definition) is 3. The summed E-state index contributed by atoms with van der Waals surface area (Å²) in [5.74, 6) is 0. The van der Waals surface area contributed by atoms with Crippen molar-refractivity contribution in [2.45, 2.75) is 0 Å². The van der Waals surface area contributed by atoms with Gasteiger partial charge in [-0.2, -0.15) is 4.39 Å². The van der Waals surface area contributed by atoms with Gasteiger partial charge in [-0.05, 0) is 6.07 Å². The minimum Gasteiger partial charge on any atom is -0.297 e. The fourth-order valence-electron chi connectivity index (χ4n) is 0.883. The van der Waals surface area contributed by atoms with Crippen LogP contribution in [0.15, 0.2) is 12.1 Å². The highest BCUT2D eigenvalue weighted by atomic mass is 32.1. The molecule has 0 N–H and O–H groups in total. The average Bonchev–Trinajstić information content (AvgIpc) is 2.43. The Morgan fingerprint density at radius 2 is 2.00 bits per heavy atom. The van der Waals surface area contributed by atoms with Gasteiger partial charge in [0.2, 0.25) is 0 Å². The standard InChI is InChI=1S/C7H3FOS2/c8-7-2-6-5(11-7)1-4(3-9)10-6/h1-3H. The first-order valence-corrected chi connectivity index (χ1v) is 4.57. The smallest absolute Gasteiger partial charge is 0.178 e. The lowest BCUT2D eigenvalue weighted by molar-refractivity contribution is 0.112. The van der Waals surface area contributed by atoms with Crippen LogP contribution >= 0.6 is 22.7 Å².